The molecule has 0 amide bonds. The second kappa shape index (κ2) is 6.33. The summed E-state index contributed by atoms with van der Waals surface area (Å²) in [6.45, 7) is 10.9. The lowest BCUT2D eigenvalue weighted by molar-refractivity contribution is 1.12. The highest BCUT2D eigenvalue weighted by atomic mass is 32.1. The number of fused-ring (bicyclic) bond motifs is 1. The van der Waals surface area contributed by atoms with E-state index < -0.39 is 0 Å². The maximum Gasteiger partial charge on any atom is 0.225 e. The highest BCUT2D eigenvalue weighted by molar-refractivity contribution is 7.18. The normalized spacial score (nSPS) is 10.4. The summed E-state index contributed by atoms with van der Waals surface area (Å²) in [7, 11) is 0. The molecule has 19 heavy (non-hydrogen) atoms. The van der Waals surface area contributed by atoms with Gasteiger partial charge in [0.1, 0.15) is 5.82 Å². The molecule has 100 valence electrons. The quantitative estimate of drug-likeness (QED) is 0.759. The van der Waals surface area contributed by atoms with Crippen LogP contribution in [-0.4, -0.2) is 23.1 Å². The third kappa shape index (κ3) is 2.93. The molecule has 0 aliphatic carbocycles. The molecule has 2 aromatic rings. The Morgan fingerprint density at radius 3 is 2.63 bits per heavy atom. The second-order valence-corrected chi connectivity index (χ2v) is 4.91. The maximum absolute atomic E-state index is 4.59. The van der Waals surface area contributed by atoms with E-state index in [2.05, 4.69) is 46.1 Å². The Labute approximate surface area is 117 Å². The molecule has 0 saturated carbocycles. The van der Waals surface area contributed by atoms with E-state index >= 15 is 0 Å². The molecule has 0 fully saturated rings. The van der Waals surface area contributed by atoms with Crippen molar-refractivity contribution in [1.29, 1.82) is 0 Å². The van der Waals surface area contributed by atoms with Crippen molar-refractivity contribution in [2.75, 3.05) is 23.7 Å². The third-order valence-electron chi connectivity index (χ3n) is 2.69. The van der Waals surface area contributed by atoms with Crippen LogP contribution in [0.3, 0.4) is 0 Å². The molecule has 0 radical (unpaired) electrons. The van der Waals surface area contributed by atoms with E-state index in [-0.39, 0.29) is 0 Å². The molecule has 0 spiro atoms. The molecule has 0 atom stereocenters. The van der Waals surface area contributed by atoms with Crippen LogP contribution in [0, 0.1) is 0 Å². The summed E-state index contributed by atoms with van der Waals surface area (Å²) in [5.41, 5.74) is 2.28. The van der Waals surface area contributed by atoms with E-state index in [0.717, 1.165) is 22.5 Å². The number of thiophene rings is 1. The van der Waals surface area contributed by atoms with Gasteiger partial charge < -0.3 is 10.6 Å². The molecule has 0 bridgehead atoms. The fourth-order valence-corrected chi connectivity index (χ4v) is 2.80. The highest BCUT2D eigenvalue weighted by Crippen LogP contribution is 2.31. The molecule has 0 aliphatic rings. The van der Waals surface area contributed by atoms with E-state index in [1.807, 2.05) is 6.08 Å². The molecular weight excluding hydrogens is 256 g/mol. The van der Waals surface area contributed by atoms with Gasteiger partial charge in [0.2, 0.25) is 5.95 Å². The molecule has 0 saturated heterocycles. The molecule has 4 nitrogen and oxygen atoms in total. The van der Waals surface area contributed by atoms with Crippen molar-refractivity contribution >= 4 is 33.3 Å². The average molecular weight is 274 g/mol. The lowest BCUT2D eigenvalue weighted by atomic mass is 10.2. The summed E-state index contributed by atoms with van der Waals surface area (Å²) in [6.07, 6.45) is 4.58. The van der Waals surface area contributed by atoms with Gasteiger partial charge in [-0.15, -0.1) is 24.5 Å². The molecule has 0 unspecified atom stereocenters. The van der Waals surface area contributed by atoms with E-state index in [1.54, 1.807) is 17.4 Å². The van der Waals surface area contributed by atoms with Gasteiger partial charge in [-0.3, -0.25) is 0 Å². The van der Waals surface area contributed by atoms with E-state index in [4.69, 9.17) is 0 Å². The smallest absolute Gasteiger partial charge is 0.225 e. The summed E-state index contributed by atoms with van der Waals surface area (Å²) < 4.78 is 1.10. The highest BCUT2D eigenvalue weighted by Gasteiger charge is 2.11. The summed E-state index contributed by atoms with van der Waals surface area (Å²) in [5.74, 6) is 1.49. The molecule has 2 N–H and O–H groups in total. The van der Waals surface area contributed by atoms with Crippen LogP contribution in [0.15, 0.2) is 30.7 Å². The standard InChI is InChI=1S/C14H18N4S/c1-4-7-15-13-12-11(10(6-3)9-19-12)17-14(18-13)16-8-5-2/h4-5,9H,1-2,6-8H2,3H3,(H2,15,16,17,18). The van der Waals surface area contributed by atoms with Crippen molar-refractivity contribution in [1.82, 2.24) is 9.97 Å². The molecular formula is C14H18N4S. The SMILES string of the molecule is C=CCNc1nc(NCC=C)c2scc(CC)c2n1. The van der Waals surface area contributed by atoms with Gasteiger partial charge in [-0.2, -0.15) is 4.98 Å². The van der Waals surface area contributed by atoms with Gasteiger partial charge >= 0.3 is 0 Å². The van der Waals surface area contributed by atoms with Gasteiger partial charge in [-0.25, -0.2) is 4.98 Å². The summed E-state index contributed by atoms with van der Waals surface area (Å²) >= 11 is 1.68. The molecule has 0 aromatic carbocycles. The van der Waals surface area contributed by atoms with E-state index in [9.17, 15) is 0 Å². The van der Waals surface area contributed by atoms with Crippen LogP contribution in [0.5, 0.6) is 0 Å². The van der Waals surface area contributed by atoms with Crippen molar-refractivity contribution in [3.8, 4) is 0 Å². The first-order valence-corrected chi connectivity index (χ1v) is 7.15. The first-order chi connectivity index (χ1) is 9.30. The second-order valence-electron chi connectivity index (χ2n) is 4.03. The van der Waals surface area contributed by atoms with Crippen molar-refractivity contribution in [2.24, 2.45) is 0 Å². The molecule has 0 aliphatic heterocycles. The van der Waals surface area contributed by atoms with Crippen molar-refractivity contribution in [3.63, 3.8) is 0 Å². The van der Waals surface area contributed by atoms with Crippen LogP contribution in [0.25, 0.3) is 10.2 Å². The molecule has 2 aromatic heterocycles. The number of aryl methyl sites for hydroxylation is 1. The van der Waals surface area contributed by atoms with Crippen LogP contribution in [0.1, 0.15) is 12.5 Å². The lowest BCUT2D eigenvalue weighted by Crippen LogP contribution is -2.07. The predicted octanol–water partition coefficient (Wildman–Crippen LogP) is 3.45. The van der Waals surface area contributed by atoms with Gasteiger partial charge in [0.05, 0.1) is 10.2 Å². The number of hydrogen-bond acceptors (Lipinski definition) is 5. The van der Waals surface area contributed by atoms with E-state index in [1.165, 1.54) is 5.56 Å². The van der Waals surface area contributed by atoms with Crippen LogP contribution >= 0.6 is 11.3 Å². The lowest BCUT2D eigenvalue weighted by Gasteiger charge is -2.08. The zero-order valence-corrected chi connectivity index (χ0v) is 11.9. The van der Waals surface area contributed by atoms with Gasteiger partial charge in [0, 0.05) is 13.1 Å². The topological polar surface area (TPSA) is 49.8 Å². The Bertz CT molecular complexity index is 588. The Kier molecular flexibility index (Phi) is 4.52. The minimum atomic E-state index is 0.632. The fourth-order valence-electron chi connectivity index (χ4n) is 1.75. The minimum absolute atomic E-state index is 0.632. The van der Waals surface area contributed by atoms with Crippen LogP contribution in [-0.2, 0) is 6.42 Å². The zero-order valence-electron chi connectivity index (χ0n) is 11.1. The Morgan fingerprint density at radius 2 is 1.95 bits per heavy atom. The fraction of sp³-hybridized carbons (Fsp3) is 0.286. The van der Waals surface area contributed by atoms with Crippen LogP contribution in [0.4, 0.5) is 11.8 Å². The largest absolute Gasteiger partial charge is 0.365 e. The van der Waals surface area contributed by atoms with Gasteiger partial charge in [-0.05, 0) is 17.4 Å². The first kappa shape index (κ1) is 13.5. The molecule has 5 heteroatoms. The van der Waals surface area contributed by atoms with Crippen molar-refractivity contribution in [3.05, 3.63) is 36.3 Å². The number of nitrogens with zero attached hydrogens (tertiary/aromatic N) is 2. The number of nitrogens with one attached hydrogen (secondary N) is 2. The molecule has 2 heterocycles. The van der Waals surface area contributed by atoms with Crippen LogP contribution in [0.2, 0.25) is 0 Å². The number of aromatic nitrogens is 2. The Balaban J connectivity index is 2.46. The minimum Gasteiger partial charge on any atom is -0.365 e. The summed E-state index contributed by atoms with van der Waals surface area (Å²) in [6, 6.07) is 0. The number of anilines is 2. The first-order valence-electron chi connectivity index (χ1n) is 6.27. The van der Waals surface area contributed by atoms with E-state index in [0.29, 0.717) is 19.0 Å². The molecule has 2 rings (SSSR count). The summed E-state index contributed by atoms with van der Waals surface area (Å²) in [5, 5.41) is 8.56. The Hall–Kier alpha value is -1.88. The van der Waals surface area contributed by atoms with Crippen LogP contribution < -0.4 is 10.6 Å². The third-order valence-corrected chi connectivity index (χ3v) is 3.71. The van der Waals surface area contributed by atoms with Gasteiger partial charge in [-0.1, -0.05) is 19.1 Å². The zero-order chi connectivity index (χ0) is 13.7. The van der Waals surface area contributed by atoms with Crippen molar-refractivity contribution in [2.45, 2.75) is 13.3 Å². The average Bonchev–Trinajstić information content (AvgIpc) is 2.85. The number of rotatable bonds is 7. The number of hydrogen-bond donors (Lipinski definition) is 2. The van der Waals surface area contributed by atoms with Gasteiger partial charge in [0.25, 0.3) is 0 Å². The Morgan fingerprint density at radius 1 is 1.21 bits per heavy atom. The van der Waals surface area contributed by atoms with Crippen molar-refractivity contribution < 1.29 is 0 Å². The predicted molar refractivity (Wildman–Crippen MR) is 84.2 cm³/mol. The monoisotopic (exact) mass is 274 g/mol. The summed E-state index contributed by atoms with van der Waals surface area (Å²) in [4.78, 5) is 9.09. The van der Waals surface area contributed by atoms with Gasteiger partial charge in [0.15, 0.2) is 0 Å². The maximum atomic E-state index is 4.59.